The molecule has 2 aliphatic carbocycles. The molecule has 6 aromatic carbocycles. The van der Waals surface area contributed by atoms with Crippen LogP contribution < -0.4 is 24.8 Å². The average Bonchev–Trinajstić information content (AvgIpc) is 3.82. The van der Waals surface area contributed by atoms with E-state index in [0.29, 0.717) is 4.22 Å². The molecule has 0 aliphatic heterocycles. The van der Waals surface area contributed by atoms with Crippen molar-refractivity contribution in [1.82, 2.24) is 0 Å². The fraction of sp³-hybridized carbons (Fsp3) is 0.196. The molecule has 0 saturated heterocycles. The van der Waals surface area contributed by atoms with Gasteiger partial charge in [-0.05, 0) is 0 Å². The Morgan fingerprint density at radius 2 is 0.944 bits per heavy atom. The molecule has 0 nitrogen and oxygen atoms in total. The summed E-state index contributed by atoms with van der Waals surface area (Å²) >= 11 is -2.35. The largest absolute Gasteiger partial charge is 1.00 e. The molecule has 0 saturated carbocycles. The van der Waals surface area contributed by atoms with Gasteiger partial charge in [0.25, 0.3) is 0 Å². The Hall–Kier alpha value is -4.04. The van der Waals surface area contributed by atoms with Gasteiger partial charge < -0.3 is 24.8 Å². The van der Waals surface area contributed by atoms with Gasteiger partial charge in [0.05, 0.1) is 0 Å². The van der Waals surface area contributed by atoms with Gasteiger partial charge in [-0.2, -0.15) is 0 Å². The summed E-state index contributed by atoms with van der Waals surface area (Å²) in [5.74, 6) is 0. The third-order valence-corrected chi connectivity index (χ3v) is 17.1. The molecule has 0 radical (unpaired) electrons. The first-order valence-electron chi connectivity index (χ1n) is 18.8. The van der Waals surface area contributed by atoms with Crippen molar-refractivity contribution < 1.29 is 42.2 Å². The van der Waals surface area contributed by atoms with Crippen molar-refractivity contribution in [3.05, 3.63) is 223 Å². The van der Waals surface area contributed by atoms with Crippen LogP contribution in [0.25, 0.3) is 11.1 Å². The summed E-state index contributed by atoms with van der Waals surface area (Å²) in [7, 11) is 0. The van der Waals surface area contributed by atoms with Gasteiger partial charge in [-0.25, -0.2) is 0 Å². The Labute approximate surface area is 341 Å². The molecule has 6 aromatic rings. The predicted molar refractivity (Wildman–Crippen MR) is 218 cm³/mol. The molecular formula is C51H48Cl2Ti. The number of halogens is 2. The SMILES string of the molecule is Cc1ccc([C](c2ccc(C)cc2)=[Ti+2]([C]2=CC=CC2)[CH]2c3ccc(C(C)(C)c4ccccc4)cc3-c3cc(C(C)(C)c4ccccc4)ccc32)cc1.[Cl-].[Cl-]. The zero-order valence-corrected chi connectivity index (χ0v) is 35.2. The van der Waals surface area contributed by atoms with Crippen LogP contribution in [-0.2, 0) is 28.2 Å². The number of hydrogen-bond donors (Lipinski definition) is 0. The second-order valence-corrected chi connectivity index (χ2v) is 19.8. The molecule has 0 heterocycles. The number of rotatable bonds is 8. The molecular weight excluding hydrogens is 731 g/mol. The van der Waals surface area contributed by atoms with Crippen molar-refractivity contribution in [2.75, 3.05) is 0 Å². The van der Waals surface area contributed by atoms with Crippen LogP contribution >= 0.6 is 0 Å². The number of aryl methyl sites for hydroxylation is 2. The Kier molecular flexibility index (Phi) is 11.7. The smallest absolute Gasteiger partial charge is 1.00 e. The van der Waals surface area contributed by atoms with Gasteiger partial charge in [-0.1, -0.05) is 0 Å². The molecule has 0 amide bonds. The Morgan fingerprint density at radius 3 is 1.33 bits per heavy atom. The predicted octanol–water partition coefficient (Wildman–Crippen LogP) is 6.76. The first kappa shape index (κ1) is 39.7. The van der Waals surface area contributed by atoms with Gasteiger partial charge >= 0.3 is 319 Å². The minimum atomic E-state index is -2.35. The number of benzene rings is 6. The summed E-state index contributed by atoms with van der Waals surface area (Å²) in [6.07, 6.45) is 8.18. The van der Waals surface area contributed by atoms with Crippen LogP contribution in [-0.4, -0.2) is 3.81 Å². The first-order valence-corrected chi connectivity index (χ1v) is 21.2. The zero-order chi connectivity index (χ0) is 36.0. The van der Waals surface area contributed by atoms with Gasteiger partial charge in [0.1, 0.15) is 0 Å². The summed E-state index contributed by atoms with van der Waals surface area (Å²) in [6, 6.07) is 55.8. The van der Waals surface area contributed by atoms with Gasteiger partial charge in [0, 0.05) is 0 Å². The van der Waals surface area contributed by atoms with E-state index in [-0.39, 0.29) is 35.6 Å². The fourth-order valence-electron chi connectivity index (χ4n) is 8.44. The van der Waals surface area contributed by atoms with Gasteiger partial charge in [-0.3, -0.25) is 0 Å². The van der Waals surface area contributed by atoms with E-state index in [1.807, 2.05) is 0 Å². The van der Waals surface area contributed by atoms with Crippen molar-refractivity contribution in [2.24, 2.45) is 0 Å². The summed E-state index contributed by atoms with van der Waals surface area (Å²) in [6.45, 7) is 13.9. The molecule has 0 unspecified atom stereocenters. The van der Waals surface area contributed by atoms with Crippen molar-refractivity contribution in [1.29, 1.82) is 0 Å². The molecule has 0 N–H and O–H groups in total. The molecule has 0 spiro atoms. The maximum atomic E-state index is 2.55. The van der Waals surface area contributed by atoms with E-state index in [2.05, 4.69) is 205 Å². The minimum Gasteiger partial charge on any atom is -1.00 e. The number of fused-ring (bicyclic) bond motifs is 3. The molecule has 0 fully saturated rings. The van der Waals surface area contributed by atoms with Gasteiger partial charge in [-0.15, -0.1) is 0 Å². The standard InChI is InChI=1S/C31H29.C15H14.C5H5.2ClH.Ti/c1-30(2,24-11-7-5-8-12-24)26-17-15-22-19-23-16-18-27(21-29(23)28(22)20-26)31(3,4)25-13-9-6-10-14-25;1-12-3-7-14(8-4-12)11-15-9-5-13(2)6-10-15;1-2-4-5-3-1;;;/h5-21H,1-4H3;3-10H,1-2H3;1-3H,4H2;2*1H;/q;;;;;+2/p-2. The molecule has 54 heavy (non-hydrogen) atoms. The quantitative estimate of drug-likeness (QED) is 0.150. The van der Waals surface area contributed by atoms with E-state index >= 15 is 0 Å². The summed E-state index contributed by atoms with van der Waals surface area (Å²) in [5, 5.41) is 0. The van der Waals surface area contributed by atoms with Crippen LogP contribution in [0.3, 0.4) is 0 Å². The van der Waals surface area contributed by atoms with E-state index in [1.165, 1.54) is 66.8 Å². The van der Waals surface area contributed by atoms with E-state index in [9.17, 15) is 0 Å². The molecule has 0 aromatic heterocycles. The van der Waals surface area contributed by atoms with Gasteiger partial charge in [0.15, 0.2) is 0 Å². The second-order valence-electron chi connectivity index (χ2n) is 15.9. The number of allylic oxidation sites excluding steroid dienone is 4. The van der Waals surface area contributed by atoms with Crippen LogP contribution in [0.2, 0.25) is 0 Å². The summed E-state index contributed by atoms with van der Waals surface area (Å²) in [5.41, 5.74) is 16.3. The van der Waals surface area contributed by atoms with Crippen LogP contribution in [0.15, 0.2) is 168 Å². The monoisotopic (exact) mass is 778 g/mol. The first-order chi connectivity index (χ1) is 25.1. The topological polar surface area (TPSA) is 0 Å². The van der Waals surface area contributed by atoms with E-state index in [4.69, 9.17) is 0 Å². The zero-order valence-electron chi connectivity index (χ0n) is 32.1. The van der Waals surface area contributed by atoms with Crippen molar-refractivity contribution in [3.8, 4) is 11.1 Å². The van der Waals surface area contributed by atoms with E-state index in [1.54, 1.807) is 7.69 Å². The molecule has 8 rings (SSSR count). The van der Waals surface area contributed by atoms with E-state index < -0.39 is 17.4 Å². The van der Waals surface area contributed by atoms with Crippen LogP contribution in [0.1, 0.15) is 94.0 Å². The molecule has 3 heteroatoms. The third-order valence-electron chi connectivity index (χ3n) is 11.8. The number of hydrogen-bond acceptors (Lipinski definition) is 0. The fourth-order valence-corrected chi connectivity index (χ4v) is 14.2. The summed E-state index contributed by atoms with van der Waals surface area (Å²) in [4.78, 5) is 0. The van der Waals surface area contributed by atoms with E-state index in [0.717, 1.165) is 6.42 Å². The van der Waals surface area contributed by atoms with Crippen molar-refractivity contribution in [2.45, 2.75) is 63.0 Å². The van der Waals surface area contributed by atoms with Crippen molar-refractivity contribution >= 4 is 3.81 Å². The average molecular weight is 780 g/mol. The van der Waals surface area contributed by atoms with Gasteiger partial charge in [0.2, 0.25) is 0 Å². The molecule has 270 valence electrons. The second kappa shape index (κ2) is 16.0. The van der Waals surface area contributed by atoms with Crippen LogP contribution in [0.5, 0.6) is 0 Å². The maximum Gasteiger partial charge on any atom is -1.00 e. The van der Waals surface area contributed by atoms with Crippen LogP contribution in [0.4, 0.5) is 0 Å². The maximum absolute atomic E-state index is 2.55. The Morgan fingerprint density at radius 1 is 0.519 bits per heavy atom. The Bertz CT molecular complexity index is 2210. The molecule has 0 atom stereocenters. The van der Waals surface area contributed by atoms with Crippen molar-refractivity contribution in [3.63, 3.8) is 0 Å². The summed E-state index contributed by atoms with van der Waals surface area (Å²) < 4.78 is 3.54. The third kappa shape index (κ3) is 7.23. The Balaban J connectivity index is 0.00000249. The van der Waals surface area contributed by atoms with Crippen LogP contribution in [0, 0.1) is 13.8 Å². The minimum absolute atomic E-state index is 0. The molecule has 2 aliphatic rings. The molecule has 0 bridgehead atoms. The normalized spacial score (nSPS) is 13.2.